The molecule has 0 fully saturated rings. The number of hydrogen-bond donors (Lipinski definition) is 2. The van der Waals surface area contributed by atoms with E-state index in [4.69, 9.17) is 0 Å². The summed E-state index contributed by atoms with van der Waals surface area (Å²) in [5.74, 6) is 0.255. The maximum atomic E-state index is 9.50. The predicted octanol–water partition coefficient (Wildman–Crippen LogP) is 4.60. The monoisotopic (exact) mass is 398 g/mol. The van der Waals surface area contributed by atoms with Crippen molar-refractivity contribution in [2.75, 3.05) is 24.3 Å². The van der Waals surface area contributed by atoms with E-state index in [0.29, 0.717) is 11.0 Å². The van der Waals surface area contributed by atoms with Gasteiger partial charge in [-0.15, -0.1) is 0 Å². The van der Waals surface area contributed by atoms with Gasteiger partial charge in [-0.3, -0.25) is 0 Å². The fourth-order valence-electron chi connectivity index (χ4n) is 1.90. The molecule has 0 heterocycles. The SMILES string of the molecule is CN(C)c1ccc(Br)cc1NCc1ccc(O)c(Br)c1. The Kier molecular flexibility index (Phi) is 4.94. The summed E-state index contributed by atoms with van der Waals surface area (Å²) in [6.07, 6.45) is 0. The minimum absolute atomic E-state index is 0.255. The van der Waals surface area contributed by atoms with Crippen LogP contribution in [0, 0.1) is 0 Å². The van der Waals surface area contributed by atoms with Crippen LogP contribution in [0.4, 0.5) is 11.4 Å². The lowest BCUT2D eigenvalue weighted by Crippen LogP contribution is -2.12. The van der Waals surface area contributed by atoms with Gasteiger partial charge >= 0.3 is 0 Å². The number of aromatic hydroxyl groups is 1. The summed E-state index contributed by atoms with van der Waals surface area (Å²) in [5, 5.41) is 12.9. The molecule has 0 atom stereocenters. The number of nitrogens with zero attached hydrogens (tertiary/aromatic N) is 1. The first-order valence-electron chi connectivity index (χ1n) is 6.15. The highest BCUT2D eigenvalue weighted by Gasteiger charge is 2.06. The van der Waals surface area contributed by atoms with Crippen molar-refractivity contribution >= 4 is 43.2 Å². The van der Waals surface area contributed by atoms with Gasteiger partial charge in [0.2, 0.25) is 0 Å². The van der Waals surface area contributed by atoms with Crippen molar-refractivity contribution in [1.29, 1.82) is 0 Å². The lowest BCUT2D eigenvalue weighted by Gasteiger charge is -2.19. The number of phenols is 1. The Hall–Kier alpha value is -1.20. The van der Waals surface area contributed by atoms with Crippen LogP contribution < -0.4 is 10.2 Å². The second-order valence-corrected chi connectivity index (χ2v) is 6.47. The van der Waals surface area contributed by atoms with Gasteiger partial charge in [-0.05, 0) is 51.8 Å². The fourth-order valence-corrected chi connectivity index (χ4v) is 2.68. The van der Waals surface area contributed by atoms with Crippen LogP contribution >= 0.6 is 31.9 Å². The molecule has 106 valence electrons. The van der Waals surface area contributed by atoms with E-state index in [0.717, 1.165) is 21.4 Å². The normalized spacial score (nSPS) is 10.4. The largest absolute Gasteiger partial charge is 0.507 e. The molecular weight excluding hydrogens is 384 g/mol. The third-order valence-electron chi connectivity index (χ3n) is 2.94. The quantitative estimate of drug-likeness (QED) is 0.788. The van der Waals surface area contributed by atoms with Crippen molar-refractivity contribution in [2.24, 2.45) is 0 Å². The highest BCUT2D eigenvalue weighted by Crippen LogP contribution is 2.29. The standard InChI is InChI=1S/C15H16Br2N2O/c1-19(2)14-5-4-11(16)8-13(14)18-9-10-3-6-15(20)12(17)7-10/h3-8,18,20H,9H2,1-2H3. The van der Waals surface area contributed by atoms with E-state index in [-0.39, 0.29) is 5.75 Å². The van der Waals surface area contributed by atoms with Gasteiger partial charge in [0.15, 0.2) is 0 Å². The number of phenolic OH excluding ortho intramolecular Hbond substituents is 1. The number of benzene rings is 2. The molecule has 0 saturated carbocycles. The van der Waals surface area contributed by atoms with Crippen molar-refractivity contribution < 1.29 is 5.11 Å². The van der Waals surface area contributed by atoms with Gasteiger partial charge in [0, 0.05) is 25.1 Å². The molecular formula is C15H16Br2N2O. The number of halogens is 2. The predicted molar refractivity (Wildman–Crippen MR) is 91.6 cm³/mol. The van der Waals surface area contributed by atoms with Crippen LogP contribution in [0.25, 0.3) is 0 Å². The zero-order valence-corrected chi connectivity index (χ0v) is 14.5. The smallest absolute Gasteiger partial charge is 0.129 e. The van der Waals surface area contributed by atoms with E-state index in [1.54, 1.807) is 6.07 Å². The van der Waals surface area contributed by atoms with Crippen molar-refractivity contribution in [3.05, 3.63) is 50.9 Å². The maximum Gasteiger partial charge on any atom is 0.129 e. The molecule has 2 aromatic rings. The maximum absolute atomic E-state index is 9.50. The zero-order chi connectivity index (χ0) is 14.7. The number of rotatable bonds is 4. The highest BCUT2D eigenvalue weighted by molar-refractivity contribution is 9.10. The molecule has 2 rings (SSSR count). The molecule has 0 amide bonds. The van der Waals surface area contributed by atoms with Crippen LogP contribution in [-0.2, 0) is 6.54 Å². The van der Waals surface area contributed by atoms with Crippen molar-refractivity contribution in [2.45, 2.75) is 6.54 Å². The Morgan fingerprint density at radius 3 is 2.50 bits per heavy atom. The molecule has 0 aliphatic carbocycles. The number of hydrogen-bond acceptors (Lipinski definition) is 3. The third kappa shape index (κ3) is 3.67. The molecule has 5 heteroatoms. The first-order chi connectivity index (χ1) is 9.47. The van der Waals surface area contributed by atoms with Crippen LogP contribution in [0.15, 0.2) is 45.3 Å². The molecule has 0 spiro atoms. The van der Waals surface area contributed by atoms with Gasteiger partial charge in [0.05, 0.1) is 15.8 Å². The summed E-state index contributed by atoms with van der Waals surface area (Å²) in [4.78, 5) is 2.07. The van der Waals surface area contributed by atoms with Gasteiger partial charge in [0.25, 0.3) is 0 Å². The molecule has 2 N–H and O–H groups in total. The Balaban J connectivity index is 2.17. The molecule has 0 bridgehead atoms. The number of anilines is 2. The second kappa shape index (κ2) is 6.50. The van der Waals surface area contributed by atoms with Gasteiger partial charge in [-0.1, -0.05) is 22.0 Å². The molecule has 0 saturated heterocycles. The lowest BCUT2D eigenvalue weighted by atomic mass is 10.2. The van der Waals surface area contributed by atoms with Crippen LogP contribution in [0.5, 0.6) is 5.75 Å². The number of nitrogens with one attached hydrogen (secondary N) is 1. The van der Waals surface area contributed by atoms with Gasteiger partial charge < -0.3 is 15.3 Å². The minimum atomic E-state index is 0.255. The first kappa shape index (κ1) is 15.2. The third-order valence-corrected chi connectivity index (χ3v) is 4.06. The Labute approximate surface area is 135 Å². The van der Waals surface area contributed by atoms with Crippen molar-refractivity contribution in [1.82, 2.24) is 0 Å². The topological polar surface area (TPSA) is 35.5 Å². The summed E-state index contributed by atoms with van der Waals surface area (Å²) >= 11 is 6.82. The lowest BCUT2D eigenvalue weighted by molar-refractivity contribution is 0.471. The van der Waals surface area contributed by atoms with Gasteiger partial charge in [-0.25, -0.2) is 0 Å². The first-order valence-corrected chi connectivity index (χ1v) is 7.74. The molecule has 0 aromatic heterocycles. The van der Waals surface area contributed by atoms with E-state index < -0.39 is 0 Å². The Morgan fingerprint density at radius 1 is 1.10 bits per heavy atom. The molecule has 20 heavy (non-hydrogen) atoms. The summed E-state index contributed by atoms with van der Waals surface area (Å²) in [6, 6.07) is 11.7. The summed E-state index contributed by atoms with van der Waals surface area (Å²) in [5.41, 5.74) is 3.29. The van der Waals surface area contributed by atoms with Crippen LogP contribution in [0.1, 0.15) is 5.56 Å². The van der Waals surface area contributed by atoms with E-state index in [2.05, 4.69) is 54.2 Å². The van der Waals surface area contributed by atoms with E-state index in [1.165, 1.54) is 0 Å². The van der Waals surface area contributed by atoms with Crippen molar-refractivity contribution in [3.63, 3.8) is 0 Å². The van der Waals surface area contributed by atoms with Crippen LogP contribution in [-0.4, -0.2) is 19.2 Å². The van der Waals surface area contributed by atoms with E-state index in [9.17, 15) is 5.11 Å². The Bertz CT molecular complexity index is 615. The molecule has 0 radical (unpaired) electrons. The molecule has 2 aromatic carbocycles. The van der Waals surface area contributed by atoms with Gasteiger partial charge in [0.1, 0.15) is 5.75 Å². The second-order valence-electron chi connectivity index (χ2n) is 4.70. The Morgan fingerprint density at radius 2 is 1.85 bits per heavy atom. The zero-order valence-electron chi connectivity index (χ0n) is 11.3. The average Bonchev–Trinajstić information content (AvgIpc) is 2.40. The van der Waals surface area contributed by atoms with Crippen molar-refractivity contribution in [3.8, 4) is 5.75 Å². The molecule has 0 unspecified atom stereocenters. The highest BCUT2D eigenvalue weighted by atomic mass is 79.9. The summed E-state index contributed by atoms with van der Waals surface area (Å²) in [6.45, 7) is 0.691. The van der Waals surface area contributed by atoms with Crippen LogP contribution in [0.3, 0.4) is 0 Å². The van der Waals surface area contributed by atoms with Crippen LogP contribution in [0.2, 0.25) is 0 Å². The summed E-state index contributed by atoms with van der Waals surface area (Å²) < 4.78 is 1.75. The minimum Gasteiger partial charge on any atom is -0.507 e. The fraction of sp³-hybridized carbons (Fsp3) is 0.200. The van der Waals surface area contributed by atoms with Gasteiger partial charge in [-0.2, -0.15) is 0 Å². The summed E-state index contributed by atoms with van der Waals surface area (Å²) in [7, 11) is 4.04. The van der Waals surface area contributed by atoms with E-state index in [1.807, 2.05) is 32.3 Å². The average molecular weight is 400 g/mol. The molecule has 0 aliphatic rings. The van der Waals surface area contributed by atoms with E-state index >= 15 is 0 Å². The molecule has 0 aliphatic heterocycles. The molecule has 3 nitrogen and oxygen atoms in total.